The molecule has 0 fully saturated rings. The number of benzene rings is 2. The van der Waals surface area contributed by atoms with E-state index in [1.54, 1.807) is 30.0 Å². The fraction of sp³-hybridized carbons (Fsp3) is 0.333. The molecule has 2 N–H and O–H groups in total. The first kappa shape index (κ1) is 23.6. The molecule has 1 atom stereocenters. The Morgan fingerprint density at radius 1 is 1.13 bits per heavy atom. The van der Waals surface area contributed by atoms with Crippen molar-refractivity contribution in [1.29, 1.82) is 0 Å². The van der Waals surface area contributed by atoms with E-state index in [9.17, 15) is 22.8 Å². The number of thioether (sulfide) groups is 1. The number of nitrogens with one attached hydrogen (secondary N) is 2. The second-order valence-corrected chi connectivity index (χ2v) is 7.58. The van der Waals surface area contributed by atoms with Crippen molar-refractivity contribution in [2.75, 3.05) is 23.9 Å². The Morgan fingerprint density at radius 2 is 1.83 bits per heavy atom. The van der Waals surface area contributed by atoms with E-state index in [0.717, 1.165) is 5.56 Å². The van der Waals surface area contributed by atoms with Crippen LogP contribution in [0.2, 0.25) is 0 Å². The fourth-order valence-corrected chi connectivity index (χ4v) is 3.03. The average Bonchev–Trinajstić information content (AvgIpc) is 2.69. The Hall–Kier alpha value is -2.68. The molecule has 1 unspecified atom stereocenters. The van der Waals surface area contributed by atoms with Crippen LogP contribution in [0.3, 0.4) is 0 Å². The topological polar surface area (TPSA) is 67.4 Å². The van der Waals surface area contributed by atoms with Crippen LogP contribution >= 0.6 is 11.8 Å². The van der Waals surface area contributed by atoms with Crippen LogP contribution in [0.15, 0.2) is 48.5 Å². The van der Waals surface area contributed by atoms with Gasteiger partial charge in [-0.2, -0.15) is 24.9 Å². The molecule has 0 saturated carbocycles. The lowest BCUT2D eigenvalue weighted by Crippen LogP contribution is -2.44. The Kier molecular flexibility index (Phi) is 8.58. The quantitative estimate of drug-likeness (QED) is 0.606. The normalized spacial score (nSPS) is 12.2. The van der Waals surface area contributed by atoms with Gasteiger partial charge >= 0.3 is 6.18 Å². The number of carbonyl (C=O) groups excluding carboxylic acids is 2. The van der Waals surface area contributed by atoms with E-state index in [2.05, 4.69) is 15.4 Å². The maximum atomic E-state index is 12.7. The summed E-state index contributed by atoms with van der Waals surface area (Å²) in [4.78, 5) is 25.2. The summed E-state index contributed by atoms with van der Waals surface area (Å²) in [6.07, 6.45) is -2.10. The van der Waals surface area contributed by atoms with Crippen molar-refractivity contribution < 1.29 is 27.5 Å². The van der Waals surface area contributed by atoms with Crippen LogP contribution in [-0.2, 0) is 4.79 Å². The highest BCUT2D eigenvalue weighted by molar-refractivity contribution is 7.98. The molecule has 30 heavy (non-hydrogen) atoms. The summed E-state index contributed by atoms with van der Waals surface area (Å²) in [7, 11) is 0. The molecule has 2 rings (SSSR count). The third kappa shape index (κ3) is 7.98. The maximum absolute atomic E-state index is 12.7. The van der Waals surface area contributed by atoms with Crippen molar-refractivity contribution in [2.45, 2.75) is 25.6 Å². The van der Waals surface area contributed by atoms with Crippen LogP contribution in [0.4, 0.5) is 18.9 Å². The van der Waals surface area contributed by atoms with E-state index in [0.29, 0.717) is 23.4 Å². The fourth-order valence-electron chi connectivity index (χ4n) is 2.56. The molecule has 0 saturated heterocycles. The molecule has 0 aliphatic heterocycles. The van der Waals surface area contributed by atoms with E-state index >= 15 is 0 Å². The third-order valence-electron chi connectivity index (χ3n) is 4.04. The molecule has 0 aliphatic carbocycles. The van der Waals surface area contributed by atoms with E-state index in [-0.39, 0.29) is 11.7 Å². The van der Waals surface area contributed by atoms with Crippen LogP contribution in [0.1, 0.15) is 22.3 Å². The molecule has 2 aromatic carbocycles. The number of amides is 2. The lowest BCUT2D eigenvalue weighted by atomic mass is 10.1. The zero-order valence-electron chi connectivity index (χ0n) is 16.6. The number of anilines is 1. The number of hydrogen-bond donors (Lipinski definition) is 2. The lowest BCUT2D eigenvalue weighted by molar-refractivity contribution is -0.153. The molecule has 2 aromatic rings. The Morgan fingerprint density at radius 3 is 2.43 bits per heavy atom. The van der Waals surface area contributed by atoms with E-state index in [1.807, 2.05) is 19.2 Å². The predicted molar refractivity (Wildman–Crippen MR) is 112 cm³/mol. The summed E-state index contributed by atoms with van der Waals surface area (Å²) < 4.78 is 41.3. The standard InChI is InChI=1S/C21H23F3N2O3S/c1-14-4-3-5-15(12-14)19(27)26-18(10-11-30-2)20(28)25-16-6-8-17(9-7-16)29-13-21(22,23)24/h3-9,12,18H,10-11,13H2,1-2H3,(H,25,28)(H,26,27). The molecular weight excluding hydrogens is 417 g/mol. The molecule has 0 spiro atoms. The van der Waals surface area contributed by atoms with Gasteiger partial charge in [0.2, 0.25) is 5.91 Å². The van der Waals surface area contributed by atoms with Crippen molar-refractivity contribution in [1.82, 2.24) is 5.32 Å². The molecule has 162 valence electrons. The zero-order chi connectivity index (χ0) is 22.1. The summed E-state index contributed by atoms with van der Waals surface area (Å²) in [5, 5.41) is 5.43. The molecule has 9 heteroatoms. The minimum absolute atomic E-state index is 0.0389. The van der Waals surface area contributed by atoms with Gasteiger partial charge in [0.25, 0.3) is 5.91 Å². The molecule has 5 nitrogen and oxygen atoms in total. The SMILES string of the molecule is CSCCC(NC(=O)c1cccc(C)c1)C(=O)Nc1ccc(OCC(F)(F)F)cc1. The van der Waals surface area contributed by atoms with Crippen LogP contribution in [0, 0.1) is 6.92 Å². The summed E-state index contributed by atoms with van der Waals surface area (Å²) in [6.45, 7) is 0.483. The van der Waals surface area contributed by atoms with Gasteiger partial charge in [0.1, 0.15) is 11.8 Å². The summed E-state index contributed by atoms with van der Waals surface area (Å²) >= 11 is 1.55. The van der Waals surface area contributed by atoms with Crippen LogP contribution in [0.25, 0.3) is 0 Å². The highest BCUT2D eigenvalue weighted by atomic mass is 32.2. The van der Waals surface area contributed by atoms with Gasteiger partial charge in [-0.25, -0.2) is 0 Å². The Bertz CT molecular complexity index is 857. The van der Waals surface area contributed by atoms with Gasteiger partial charge in [0, 0.05) is 11.3 Å². The van der Waals surface area contributed by atoms with Crippen LogP contribution in [-0.4, -0.2) is 42.6 Å². The first-order valence-corrected chi connectivity index (χ1v) is 10.5. The second-order valence-electron chi connectivity index (χ2n) is 6.59. The summed E-state index contributed by atoms with van der Waals surface area (Å²) in [5.74, 6) is -0.0574. The number of aryl methyl sites for hydroxylation is 1. The lowest BCUT2D eigenvalue weighted by Gasteiger charge is -2.18. The first-order chi connectivity index (χ1) is 14.2. The zero-order valence-corrected chi connectivity index (χ0v) is 17.4. The van der Waals surface area contributed by atoms with Gasteiger partial charge in [-0.05, 0) is 61.8 Å². The number of hydrogen-bond acceptors (Lipinski definition) is 4. The number of halogens is 3. The minimum Gasteiger partial charge on any atom is -0.484 e. The van der Waals surface area contributed by atoms with E-state index in [4.69, 9.17) is 0 Å². The Labute approximate surface area is 177 Å². The van der Waals surface area contributed by atoms with Crippen LogP contribution in [0.5, 0.6) is 5.75 Å². The molecule has 0 aromatic heterocycles. The molecule has 0 heterocycles. The van der Waals surface area contributed by atoms with Gasteiger partial charge in [0.05, 0.1) is 0 Å². The van der Waals surface area contributed by atoms with Gasteiger partial charge < -0.3 is 15.4 Å². The van der Waals surface area contributed by atoms with Gasteiger partial charge in [-0.15, -0.1) is 0 Å². The van der Waals surface area contributed by atoms with E-state index in [1.165, 1.54) is 24.3 Å². The van der Waals surface area contributed by atoms with Crippen molar-refractivity contribution in [3.63, 3.8) is 0 Å². The second kappa shape index (κ2) is 10.9. The van der Waals surface area contributed by atoms with Gasteiger partial charge in [-0.1, -0.05) is 17.7 Å². The smallest absolute Gasteiger partial charge is 0.422 e. The summed E-state index contributed by atoms with van der Waals surface area (Å²) in [6, 6.07) is 11.8. The van der Waals surface area contributed by atoms with Crippen molar-refractivity contribution in [3.8, 4) is 5.75 Å². The van der Waals surface area contributed by atoms with Crippen molar-refractivity contribution in [2.24, 2.45) is 0 Å². The van der Waals surface area contributed by atoms with E-state index < -0.39 is 24.7 Å². The van der Waals surface area contributed by atoms with Crippen molar-refractivity contribution >= 4 is 29.3 Å². The highest BCUT2D eigenvalue weighted by Crippen LogP contribution is 2.20. The van der Waals surface area contributed by atoms with Gasteiger partial charge in [0.15, 0.2) is 6.61 Å². The highest BCUT2D eigenvalue weighted by Gasteiger charge is 2.28. The first-order valence-electron chi connectivity index (χ1n) is 9.15. The number of ether oxygens (including phenoxy) is 1. The average molecular weight is 440 g/mol. The molecule has 0 aliphatic rings. The minimum atomic E-state index is -4.42. The summed E-state index contributed by atoms with van der Waals surface area (Å²) in [5.41, 5.74) is 1.78. The molecule has 0 radical (unpaired) electrons. The third-order valence-corrected chi connectivity index (χ3v) is 4.68. The largest absolute Gasteiger partial charge is 0.484 e. The molecule has 2 amide bonds. The number of rotatable bonds is 9. The maximum Gasteiger partial charge on any atom is 0.422 e. The van der Waals surface area contributed by atoms with Crippen molar-refractivity contribution in [3.05, 3.63) is 59.7 Å². The molecular formula is C21H23F3N2O3S. The monoisotopic (exact) mass is 440 g/mol. The predicted octanol–water partition coefficient (Wildman–Crippen LogP) is 4.43. The Balaban J connectivity index is 2.01. The van der Waals surface area contributed by atoms with Crippen LogP contribution < -0.4 is 15.4 Å². The number of carbonyl (C=O) groups is 2. The molecule has 0 bridgehead atoms. The van der Waals surface area contributed by atoms with Gasteiger partial charge in [-0.3, -0.25) is 9.59 Å². The number of alkyl halides is 3.